The third kappa shape index (κ3) is 5.63. The lowest BCUT2D eigenvalue weighted by molar-refractivity contribution is -0.115. The van der Waals surface area contributed by atoms with Gasteiger partial charge in [-0.25, -0.2) is 0 Å². The van der Waals surface area contributed by atoms with Crippen LogP contribution in [0.3, 0.4) is 0 Å². The molecule has 0 unspecified atom stereocenters. The van der Waals surface area contributed by atoms with Crippen LogP contribution in [0.15, 0.2) is 78.9 Å². The molecule has 1 aliphatic rings. The summed E-state index contributed by atoms with van der Waals surface area (Å²) in [6, 6.07) is 25.7. The fourth-order valence-corrected chi connectivity index (χ4v) is 4.17. The number of halogens is 1. The molecule has 3 aromatic rings. The number of nitrogens with zero attached hydrogens (tertiary/aromatic N) is 1. The molecule has 0 radical (unpaired) electrons. The first-order chi connectivity index (χ1) is 15.2. The maximum absolute atomic E-state index is 13.3. The van der Waals surface area contributed by atoms with Crippen molar-refractivity contribution in [3.8, 4) is 0 Å². The van der Waals surface area contributed by atoms with Crippen molar-refractivity contribution in [1.29, 1.82) is 0 Å². The van der Waals surface area contributed by atoms with Crippen molar-refractivity contribution < 1.29 is 4.79 Å². The number of hydrogen-bond acceptors (Lipinski definition) is 2. The highest BCUT2D eigenvalue weighted by Crippen LogP contribution is 2.24. The molecule has 3 aromatic carbocycles. The molecule has 4 heteroatoms. The number of benzene rings is 3. The van der Waals surface area contributed by atoms with Crippen molar-refractivity contribution >= 4 is 29.2 Å². The summed E-state index contributed by atoms with van der Waals surface area (Å²) in [6.45, 7) is 3.74. The highest BCUT2D eigenvalue weighted by atomic mass is 35.5. The minimum absolute atomic E-state index is 0.109. The second-order valence-corrected chi connectivity index (χ2v) is 8.29. The lowest BCUT2D eigenvalue weighted by atomic mass is 10.0. The van der Waals surface area contributed by atoms with Crippen LogP contribution in [-0.4, -0.2) is 23.9 Å². The van der Waals surface area contributed by atoms with Crippen LogP contribution < -0.4 is 5.32 Å². The minimum atomic E-state index is -0.109. The van der Waals surface area contributed by atoms with E-state index >= 15 is 0 Å². The highest BCUT2D eigenvalue weighted by Gasteiger charge is 2.16. The zero-order valence-electron chi connectivity index (χ0n) is 17.6. The molecule has 0 aromatic heterocycles. The predicted octanol–water partition coefficient (Wildman–Crippen LogP) is 5.79. The number of amides is 1. The Morgan fingerprint density at radius 3 is 2.26 bits per heavy atom. The molecule has 1 amide bonds. The normalized spacial score (nSPS) is 14.5. The van der Waals surface area contributed by atoms with Gasteiger partial charge in [-0.15, -0.1) is 0 Å². The van der Waals surface area contributed by atoms with E-state index < -0.39 is 0 Å². The van der Waals surface area contributed by atoms with E-state index in [4.69, 9.17) is 11.6 Å². The first kappa shape index (κ1) is 21.4. The molecule has 0 spiro atoms. The maximum Gasteiger partial charge on any atom is 0.252 e. The average molecular weight is 431 g/mol. The molecule has 0 bridgehead atoms. The van der Waals surface area contributed by atoms with Gasteiger partial charge in [0.15, 0.2) is 0 Å². The van der Waals surface area contributed by atoms with E-state index in [2.05, 4.69) is 28.4 Å². The summed E-state index contributed by atoms with van der Waals surface area (Å²) >= 11 is 6.35. The summed E-state index contributed by atoms with van der Waals surface area (Å²) in [6.07, 6.45) is 4.40. The van der Waals surface area contributed by atoms with Crippen molar-refractivity contribution in [2.45, 2.75) is 25.9 Å². The van der Waals surface area contributed by atoms with Crippen LogP contribution in [-0.2, 0) is 17.9 Å². The Labute approximate surface area is 189 Å². The van der Waals surface area contributed by atoms with Gasteiger partial charge >= 0.3 is 0 Å². The van der Waals surface area contributed by atoms with Crippen molar-refractivity contribution in [3.63, 3.8) is 0 Å². The zero-order chi connectivity index (χ0) is 21.5. The van der Waals surface area contributed by atoms with E-state index in [9.17, 15) is 4.79 Å². The number of rotatable bonds is 7. The molecule has 1 aliphatic heterocycles. The quantitative estimate of drug-likeness (QED) is 0.380. The maximum atomic E-state index is 13.3. The Balaban J connectivity index is 1.54. The standard InChI is InChI=1S/C27H27ClN2O/c28-26-15-7-6-12-22(26)18-25(21-10-2-1-3-11-21)27(31)29-19-23-13-4-5-14-24(23)20-30-16-8-9-17-30/h1-7,10-15,18H,8-9,16-17,19-20H2,(H,29,31)/b25-18+. The number of hydrogen-bond donors (Lipinski definition) is 1. The predicted molar refractivity (Wildman–Crippen MR) is 129 cm³/mol. The number of carbonyl (C=O) groups excluding carboxylic acids is 1. The lowest BCUT2D eigenvalue weighted by Crippen LogP contribution is -2.25. The van der Waals surface area contributed by atoms with Crippen LogP contribution in [0.1, 0.15) is 35.1 Å². The summed E-state index contributed by atoms with van der Waals surface area (Å²) in [5.41, 5.74) is 4.73. The van der Waals surface area contributed by atoms with Crippen LogP contribution in [0.25, 0.3) is 11.6 Å². The van der Waals surface area contributed by atoms with E-state index in [1.165, 1.54) is 18.4 Å². The lowest BCUT2D eigenvalue weighted by Gasteiger charge is -2.18. The van der Waals surface area contributed by atoms with E-state index in [-0.39, 0.29) is 5.91 Å². The topological polar surface area (TPSA) is 32.3 Å². The molecule has 1 saturated heterocycles. The van der Waals surface area contributed by atoms with Gasteiger partial charge in [0.1, 0.15) is 0 Å². The monoisotopic (exact) mass is 430 g/mol. The van der Waals surface area contributed by atoms with Gasteiger partial charge in [0, 0.05) is 23.7 Å². The Morgan fingerprint density at radius 1 is 0.871 bits per heavy atom. The summed E-state index contributed by atoms with van der Waals surface area (Å²) < 4.78 is 0. The van der Waals surface area contributed by atoms with E-state index in [1.54, 1.807) is 0 Å². The van der Waals surface area contributed by atoms with Gasteiger partial charge in [0.2, 0.25) is 0 Å². The average Bonchev–Trinajstić information content (AvgIpc) is 3.31. The zero-order valence-corrected chi connectivity index (χ0v) is 18.3. The Kier molecular flexibility index (Phi) is 7.18. The van der Waals surface area contributed by atoms with Gasteiger partial charge in [-0.3, -0.25) is 9.69 Å². The Hall–Kier alpha value is -2.88. The van der Waals surface area contributed by atoms with Crippen LogP contribution in [0, 0.1) is 0 Å². The van der Waals surface area contributed by atoms with E-state index in [0.717, 1.165) is 36.3 Å². The summed E-state index contributed by atoms with van der Waals surface area (Å²) in [4.78, 5) is 15.7. The molecule has 158 valence electrons. The summed E-state index contributed by atoms with van der Waals surface area (Å²) in [7, 11) is 0. The molecule has 31 heavy (non-hydrogen) atoms. The largest absolute Gasteiger partial charge is 0.348 e. The second kappa shape index (κ2) is 10.4. The highest BCUT2D eigenvalue weighted by molar-refractivity contribution is 6.33. The molecule has 4 rings (SSSR count). The number of likely N-dealkylation sites (tertiary alicyclic amines) is 1. The molecule has 0 atom stereocenters. The Morgan fingerprint density at radius 2 is 1.52 bits per heavy atom. The summed E-state index contributed by atoms with van der Waals surface area (Å²) in [5.74, 6) is -0.109. The third-order valence-corrected chi connectivity index (χ3v) is 6.03. The minimum Gasteiger partial charge on any atom is -0.348 e. The van der Waals surface area contributed by atoms with Crippen LogP contribution >= 0.6 is 11.6 Å². The third-order valence-electron chi connectivity index (χ3n) is 5.68. The molecule has 0 aliphatic carbocycles. The molecule has 1 fully saturated rings. The van der Waals surface area contributed by atoms with Crippen LogP contribution in [0.2, 0.25) is 5.02 Å². The first-order valence-electron chi connectivity index (χ1n) is 10.8. The van der Waals surface area contributed by atoms with Crippen molar-refractivity contribution in [2.24, 2.45) is 0 Å². The van der Waals surface area contributed by atoms with Crippen LogP contribution in [0.5, 0.6) is 0 Å². The van der Waals surface area contributed by atoms with Gasteiger partial charge in [0.05, 0.1) is 0 Å². The number of nitrogens with one attached hydrogen (secondary N) is 1. The van der Waals surface area contributed by atoms with Crippen LogP contribution in [0.4, 0.5) is 0 Å². The second-order valence-electron chi connectivity index (χ2n) is 7.88. The fourth-order valence-electron chi connectivity index (χ4n) is 3.98. The molecule has 3 nitrogen and oxygen atoms in total. The van der Waals surface area contributed by atoms with Crippen molar-refractivity contribution in [2.75, 3.05) is 13.1 Å². The Bertz CT molecular complexity index is 1060. The van der Waals surface area contributed by atoms with Crippen molar-refractivity contribution in [1.82, 2.24) is 10.2 Å². The molecule has 0 saturated carbocycles. The number of carbonyl (C=O) groups is 1. The SMILES string of the molecule is O=C(NCc1ccccc1CN1CCCC1)/C(=C/c1ccccc1Cl)c1ccccc1. The molecular formula is C27H27ClN2O. The molecular weight excluding hydrogens is 404 g/mol. The molecule has 1 N–H and O–H groups in total. The fraction of sp³-hybridized carbons (Fsp3) is 0.222. The summed E-state index contributed by atoms with van der Waals surface area (Å²) in [5, 5.41) is 3.76. The van der Waals surface area contributed by atoms with Gasteiger partial charge < -0.3 is 5.32 Å². The van der Waals surface area contributed by atoms with Gasteiger partial charge in [-0.2, -0.15) is 0 Å². The van der Waals surface area contributed by atoms with Gasteiger partial charge in [-0.05, 0) is 60.3 Å². The van der Waals surface area contributed by atoms with E-state index in [1.807, 2.05) is 66.7 Å². The van der Waals surface area contributed by atoms with Gasteiger partial charge in [0.25, 0.3) is 5.91 Å². The van der Waals surface area contributed by atoms with Crippen molar-refractivity contribution in [3.05, 3.63) is 106 Å². The smallest absolute Gasteiger partial charge is 0.252 e. The van der Waals surface area contributed by atoms with E-state index in [0.29, 0.717) is 17.1 Å². The van der Waals surface area contributed by atoms with Gasteiger partial charge in [-0.1, -0.05) is 84.4 Å². The first-order valence-corrected chi connectivity index (χ1v) is 11.2. The molecule has 1 heterocycles.